The number of ether oxygens (including phenoxy) is 2. The average molecular weight is 605 g/mol. The molecule has 4 aromatic rings. The lowest BCUT2D eigenvalue weighted by Crippen LogP contribution is -2.48. The SMILES string of the molecule is COc1ccc(CCN(C(=O)Cn2nnc(-c3ccccc3F)n2)[C@H](C(=O)NC2CCCCC2)c2ccc(C)o2)cc1OC. The highest BCUT2D eigenvalue weighted by atomic mass is 19.1. The molecule has 11 nitrogen and oxygen atoms in total. The topological polar surface area (TPSA) is 125 Å². The first-order valence-corrected chi connectivity index (χ1v) is 14.8. The summed E-state index contributed by atoms with van der Waals surface area (Å²) in [6.07, 6.45) is 5.40. The maximum absolute atomic E-state index is 14.4. The van der Waals surface area contributed by atoms with Crippen LogP contribution in [0, 0.1) is 12.7 Å². The van der Waals surface area contributed by atoms with E-state index in [9.17, 15) is 14.0 Å². The fraction of sp³-hybridized carbons (Fsp3) is 0.406. The molecule has 0 radical (unpaired) electrons. The fourth-order valence-electron chi connectivity index (χ4n) is 5.51. The molecule has 1 saturated carbocycles. The lowest BCUT2D eigenvalue weighted by Gasteiger charge is -2.32. The number of amides is 2. The maximum Gasteiger partial charge on any atom is 0.250 e. The largest absolute Gasteiger partial charge is 0.493 e. The summed E-state index contributed by atoms with van der Waals surface area (Å²) in [5, 5.41) is 15.4. The van der Waals surface area contributed by atoms with Gasteiger partial charge >= 0.3 is 0 Å². The quantitative estimate of drug-likeness (QED) is 0.248. The van der Waals surface area contributed by atoms with Crippen LogP contribution in [-0.2, 0) is 22.6 Å². The summed E-state index contributed by atoms with van der Waals surface area (Å²) in [6, 6.07) is 14.1. The van der Waals surface area contributed by atoms with Gasteiger partial charge in [-0.2, -0.15) is 4.80 Å². The number of nitrogens with zero attached hydrogens (tertiary/aromatic N) is 5. The number of hydrogen-bond donors (Lipinski definition) is 1. The molecule has 0 bridgehead atoms. The van der Waals surface area contributed by atoms with E-state index in [1.807, 2.05) is 12.1 Å². The van der Waals surface area contributed by atoms with Gasteiger partial charge in [0.2, 0.25) is 11.7 Å². The van der Waals surface area contributed by atoms with Gasteiger partial charge in [0, 0.05) is 12.6 Å². The zero-order chi connectivity index (χ0) is 31.1. The summed E-state index contributed by atoms with van der Waals surface area (Å²) in [5.41, 5.74) is 1.05. The van der Waals surface area contributed by atoms with E-state index in [2.05, 4.69) is 20.7 Å². The highest BCUT2D eigenvalue weighted by molar-refractivity contribution is 5.88. The second-order valence-corrected chi connectivity index (χ2v) is 10.8. The van der Waals surface area contributed by atoms with E-state index < -0.39 is 17.8 Å². The van der Waals surface area contributed by atoms with E-state index in [-0.39, 0.29) is 36.4 Å². The number of hydrogen-bond acceptors (Lipinski definition) is 8. The number of carbonyl (C=O) groups excluding carboxylic acids is 2. The Labute approximate surface area is 255 Å². The van der Waals surface area contributed by atoms with Crippen molar-refractivity contribution in [2.75, 3.05) is 20.8 Å². The number of benzene rings is 2. The molecule has 0 unspecified atom stereocenters. The van der Waals surface area contributed by atoms with Crippen molar-refractivity contribution >= 4 is 11.8 Å². The van der Waals surface area contributed by atoms with Gasteiger partial charge in [-0.05, 0) is 73.4 Å². The predicted molar refractivity (Wildman–Crippen MR) is 159 cm³/mol. The van der Waals surface area contributed by atoms with Crippen molar-refractivity contribution in [3.05, 3.63) is 77.5 Å². The Kier molecular flexibility index (Phi) is 9.88. The minimum Gasteiger partial charge on any atom is -0.493 e. The Morgan fingerprint density at radius 2 is 1.84 bits per heavy atom. The number of aromatic nitrogens is 4. The van der Waals surface area contributed by atoms with Gasteiger partial charge in [0.1, 0.15) is 23.9 Å². The van der Waals surface area contributed by atoms with Crippen LogP contribution in [0.3, 0.4) is 0 Å². The van der Waals surface area contributed by atoms with Crippen molar-refractivity contribution in [2.24, 2.45) is 0 Å². The first-order valence-electron chi connectivity index (χ1n) is 14.8. The number of tetrazole rings is 1. The van der Waals surface area contributed by atoms with Crippen LogP contribution in [0.2, 0.25) is 0 Å². The zero-order valence-corrected chi connectivity index (χ0v) is 25.2. The van der Waals surface area contributed by atoms with Gasteiger partial charge in [-0.1, -0.05) is 37.5 Å². The second kappa shape index (κ2) is 14.2. The highest BCUT2D eigenvalue weighted by Crippen LogP contribution is 2.30. The number of nitrogens with one attached hydrogen (secondary N) is 1. The van der Waals surface area contributed by atoms with Crippen LogP contribution in [0.1, 0.15) is 55.2 Å². The van der Waals surface area contributed by atoms with Gasteiger partial charge in [0.05, 0.1) is 19.8 Å². The Bertz CT molecular complexity index is 1580. The van der Waals surface area contributed by atoms with Crippen molar-refractivity contribution in [3.8, 4) is 22.9 Å². The molecule has 0 saturated heterocycles. The first kappa shape index (κ1) is 30.7. The van der Waals surface area contributed by atoms with E-state index >= 15 is 0 Å². The third-order valence-electron chi connectivity index (χ3n) is 7.80. The molecule has 2 aromatic heterocycles. The Balaban J connectivity index is 1.45. The van der Waals surface area contributed by atoms with Crippen LogP contribution >= 0.6 is 0 Å². The monoisotopic (exact) mass is 604 g/mol. The smallest absolute Gasteiger partial charge is 0.250 e. The van der Waals surface area contributed by atoms with Crippen molar-refractivity contribution in [3.63, 3.8) is 0 Å². The molecule has 0 spiro atoms. The molecule has 1 atom stereocenters. The Morgan fingerprint density at radius 3 is 2.55 bits per heavy atom. The first-order chi connectivity index (χ1) is 21.4. The lowest BCUT2D eigenvalue weighted by molar-refractivity contribution is -0.142. The highest BCUT2D eigenvalue weighted by Gasteiger charge is 2.35. The van der Waals surface area contributed by atoms with Crippen molar-refractivity contribution < 1.29 is 27.9 Å². The molecule has 12 heteroatoms. The number of halogens is 1. The number of carbonyl (C=O) groups is 2. The summed E-state index contributed by atoms with van der Waals surface area (Å²) in [4.78, 5) is 30.6. The van der Waals surface area contributed by atoms with Crippen molar-refractivity contribution in [1.82, 2.24) is 30.4 Å². The number of rotatable bonds is 12. The van der Waals surface area contributed by atoms with Crippen LogP contribution in [0.25, 0.3) is 11.4 Å². The minimum absolute atomic E-state index is 0.0259. The summed E-state index contributed by atoms with van der Waals surface area (Å²) in [7, 11) is 3.12. The van der Waals surface area contributed by atoms with Crippen molar-refractivity contribution in [1.29, 1.82) is 0 Å². The molecule has 1 aliphatic rings. The summed E-state index contributed by atoms with van der Waals surface area (Å²) in [5.74, 6) is 0.937. The molecule has 232 valence electrons. The van der Waals surface area contributed by atoms with Gasteiger partial charge in [-0.25, -0.2) is 4.39 Å². The minimum atomic E-state index is -1.03. The van der Waals surface area contributed by atoms with Crippen LogP contribution in [0.4, 0.5) is 4.39 Å². The molecule has 0 aliphatic heterocycles. The zero-order valence-electron chi connectivity index (χ0n) is 25.2. The van der Waals surface area contributed by atoms with E-state index in [4.69, 9.17) is 13.9 Å². The van der Waals surface area contributed by atoms with E-state index in [0.29, 0.717) is 29.4 Å². The predicted octanol–water partition coefficient (Wildman–Crippen LogP) is 4.66. The van der Waals surface area contributed by atoms with Gasteiger partial charge in [-0.15, -0.1) is 10.2 Å². The molecule has 2 aromatic carbocycles. The molecular formula is C32H37FN6O5. The third kappa shape index (κ3) is 7.24. The maximum atomic E-state index is 14.4. The van der Waals surface area contributed by atoms with Gasteiger partial charge in [0.25, 0.3) is 5.91 Å². The molecule has 1 aliphatic carbocycles. The van der Waals surface area contributed by atoms with Gasteiger partial charge in [-0.3, -0.25) is 9.59 Å². The molecule has 1 N–H and O–H groups in total. The average Bonchev–Trinajstić information content (AvgIpc) is 3.68. The number of furan rings is 1. The van der Waals surface area contributed by atoms with E-state index in [0.717, 1.165) is 42.5 Å². The fourth-order valence-corrected chi connectivity index (χ4v) is 5.51. The third-order valence-corrected chi connectivity index (χ3v) is 7.80. The molecular weight excluding hydrogens is 567 g/mol. The van der Waals surface area contributed by atoms with Crippen LogP contribution in [0.15, 0.2) is 59.0 Å². The van der Waals surface area contributed by atoms with Gasteiger partial charge < -0.3 is 24.1 Å². The summed E-state index contributed by atoms with van der Waals surface area (Å²) < 4.78 is 31.1. The Morgan fingerprint density at radius 1 is 1.07 bits per heavy atom. The molecule has 1 fully saturated rings. The normalized spacial score (nSPS) is 14.2. The molecule has 5 rings (SSSR count). The van der Waals surface area contributed by atoms with E-state index in [1.165, 1.54) is 11.0 Å². The van der Waals surface area contributed by atoms with Crippen LogP contribution in [-0.4, -0.2) is 63.7 Å². The van der Waals surface area contributed by atoms with Crippen LogP contribution in [0.5, 0.6) is 11.5 Å². The van der Waals surface area contributed by atoms with Crippen molar-refractivity contribution in [2.45, 2.75) is 64.1 Å². The second-order valence-electron chi connectivity index (χ2n) is 10.8. The number of methoxy groups -OCH3 is 2. The molecule has 2 amide bonds. The van der Waals surface area contributed by atoms with Crippen LogP contribution < -0.4 is 14.8 Å². The lowest BCUT2D eigenvalue weighted by atomic mass is 9.95. The van der Waals surface area contributed by atoms with E-state index in [1.54, 1.807) is 57.5 Å². The molecule has 2 heterocycles. The van der Waals surface area contributed by atoms with Gasteiger partial charge in [0.15, 0.2) is 17.5 Å². The number of aryl methyl sites for hydroxylation is 1. The summed E-state index contributed by atoms with van der Waals surface area (Å²) >= 11 is 0. The summed E-state index contributed by atoms with van der Waals surface area (Å²) in [6.45, 7) is 1.64. The Hall–Kier alpha value is -4.74. The molecule has 44 heavy (non-hydrogen) atoms. The standard InChI is InChI=1S/C32H37FN6O5/c1-21-13-15-27(44-21)30(32(41)34-23-9-5-4-6-10-23)38(18-17-22-14-16-26(42-2)28(19-22)43-3)29(40)20-39-36-31(35-37-39)24-11-7-8-12-25(24)33/h7-8,11-16,19,23,30H,4-6,9-10,17-18,20H2,1-3H3,(H,34,41)/t30-/m0/s1.